The quantitative estimate of drug-likeness (QED) is 0.682. The van der Waals surface area contributed by atoms with E-state index in [4.69, 9.17) is 5.26 Å². The lowest BCUT2D eigenvalue weighted by Gasteiger charge is -2.08. The lowest BCUT2D eigenvalue weighted by molar-refractivity contribution is -0.115. The minimum Gasteiger partial charge on any atom is -0.322 e. The van der Waals surface area contributed by atoms with Crippen molar-refractivity contribution in [3.63, 3.8) is 0 Å². The first-order chi connectivity index (χ1) is 9.56. The number of halogens is 1. The van der Waals surface area contributed by atoms with Crippen LogP contribution in [0.4, 0.5) is 0 Å². The number of allylic oxidation sites excluding steroid dienone is 3. The molecule has 4 heteroatoms. The smallest absolute Gasteiger partial charge is 0.248 e. The van der Waals surface area contributed by atoms with Crippen LogP contribution in [0.15, 0.2) is 52.5 Å². The molecule has 1 aliphatic carbocycles. The molecule has 1 aliphatic rings. The summed E-state index contributed by atoms with van der Waals surface area (Å²) in [6, 6.07) is 7.93. The number of nitrogens with one attached hydrogen (secondary N) is 1. The van der Waals surface area contributed by atoms with Crippen molar-refractivity contribution in [1.82, 2.24) is 5.32 Å². The summed E-state index contributed by atoms with van der Waals surface area (Å²) in [5, 5.41) is 11.9. The van der Waals surface area contributed by atoms with Crippen LogP contribution in [0.2, 0.25) is 0 Å². The molecule has 0 radical (unpaired) electrons. The summed E-state index contributed by atoms with van der Waals surface area (Å²) in [6.07, 6.45) is 3.74. The van der Waals surface area contributed by atoms with E-state index in [0.717, 1.165) is 21.2 Å². The number of carbonyl (C=O) groups is 1. The summed E-state index contributed by atoms with van der Waals surface area (Å²) >= 11 is 3.43. The van der Waals surface area contributed by atoms with Crippen LogP contribution >= 0.6 is 15.9 Å². The van der Waals surface area contributed by atoms with Gasteiger partial charge in [-0.15, -0.1) is 0 Å². The van der Waals surface area contributed by atoms with E-state index in [9.17, 15) is 4.79 Å². The Bertz CT molecular complexity index is 693. The van der Waals surface area contributed by atoms with Crippen molar-refractivity contribution in [2.45, 2.75) is 13.3 Å². The highest BCUT2D eigenvalue weighted by Crippen LogP contribution is 2.35. The monoisotopic (exact) mass is 328 g/mol. The lowest BCUT2D eigenvalue weighted by Crippen LogP contribution is -2.19. The van der Waals surface area contributed by atoms with Crippen molar-refractivity contribution in [3.05, 3.63) is 63.7 Å². The zero-order chi connectivity index (χ0) is 14.7. The molecule has 0 unspecified atom stereocenters. The standard InChI is InChI=1S/C16H13BrN2O/c1-3-4-15(20)19-16-13(10(2)9-18)7-11-5-6-12(17)8-14(11)16/h3-6,8H,2,7H2,1H3,(H,19,20)/b4-3+. The van der Waals surface area contributed by atoms with Gasteiger partial charge in [-0.05, 0) is 36.3 Å². The van der Waals surface area contributed by atoms with Gasteiger partial charge in [-0.25, -0.2) is 0 Å². The highest BCUT2D eigenvalue weighted by atomic mass is 79.9. The van der Waals surface area contributed by atoms with Gasteiger partial charge in [0.25, 0.3) is 0 Å². The Kier molecular flexibility index (Phi) is 4.21. The maximum absolute atomic E-state index is 11.8. The lowest BCUT2D eigenvalue weighted by atomic mass is 10.1. The molecule has 0 spiro atoms. The van der Waals surface area contributed by atoms with Crippen LogP contribution in [0.1, 0.15) is 18.1 Å². The molecule has 0 aliphatic heterocycles. The zero-order valence-electron chi connectivity index (χ0n) is 11.0. The SMILES string of the molecule is C=C(C#N)C1=C(NC(=O)/C=C/C)c2cc(Br)ccc2C1. The maximum Gasteiger partial charge on any atom is 0.248 e. The average molecular weight is 329 g/mol. The van der Waals surface area contributed by atoms with E-state index in [-0.39, 0.29) is 5.91 Å². The summed E-state index contributed by atoms with van der Waals surface area (Å²) in [5.41, 5.74) is 3.85. The number of carbonyl (C=O) groups excluding carboxylic acids is 1. The predicted octanol–water partition coefficient (Wildman–Crippen LogP) is 3.49. The van der Waals surface area contributed by atoms with Crippen LogP contribution < -0.4 is 5.32 Å². The van der Waals surface area contributed by atoms with Gasteiger partial charge < -0.3 is 5.32 Å². The fourth-order valence-electron chi connectivity index (χ4n) is 2.16. The third-order valence-corrected chi connectivity index (χ3v) is 3.57. The molecule has 100 valence electrons. The average Bonchev–Trinajstić information content (AvgIpc) is 2.76. The molecule has 0 aromatic heterocycles. The van der Waals surface area contributed by atoms with Gasteiger partial charge in [-0.2, -0.15) is 5.26 Å². The maximum atomic E-state index is 11.8. The molecule has 1 N–H and O–H groups in total. The molecular formula is C16H13BrN2O. The van der Waals surface area contributed by atoms with Crippen LogP contribution in [-0.4, -0.2) is 5.91 Å². The largest absolute Gasteiger partial charge is 0.322 e. The first kappa shape index (κ1) is 14.3. The topological polar surface area (TPSA) is 52.9 Å². The number of nitrogens with zero attached hydrogens (tertiary/aromatic N) is 1. The molecule has 0 saturated heterocycles. The van der Waals surface area contributed by atoms with Crippen LogP contribution in [0.25, 0.3) is 5.70 Å². The predicted molar refractivity (Wildman–Crippen MR) is 82.5 cm³/mol. The van der Waals surface area contributed by atoms with Crippen molar-refractivity contribution < 1.29 is 4.79 Å². The second kappa shape index (κ2) is 5.89. The Morgan fingerprint density at radius 1 is 1.55 bits per heavy atom. The van der Waals surface area contributed by atoms with E-state index in [1.54, 1.807) is 13.0 Å². The molecule has 1 amide bonds. The fraction of sp³-hybridized carbons (Fsp3) is 0.125. The molecular weight excluding hydrogens is 316 g/mol. The van der Waals surface area contributed by atoms with E-state index in [2.05, 4.69) is 33.9 Å². The molecule has 0 heterocycles. The molecule has 3 nitrogen and oxygen atoms in total. The fourth-order valence-corrected chi connectivity index (χ4v) is 2.52. The van der Waals surface area contributed by atoms with Gasteiger partial charge >= 0.3 is 0 Å². The minimum absolute atomic E-state index is 0.210. The number of hydrogen-bond acceptors (Lipinski definition) is 2. The number of fused-ring (bicyclic) bond motifs is 1. The number of benzene rings is 1. The van der Waals surface area contributed by atoms with Crippen molar-refractivity contribution >= 4 is 27.5 Å². The summed E-state index contributed by atoms with van der Waals surface area (Å²) in [5.74, 6) is -0.210. The molecule has 2 rings (SSSR count). The van der Waals surface area contributed by atoms with E-state index in [1.807, 2.05) is 18.2 Å². The number of amides is 1. The summed E-state index contributed by atoms with van der Waals surface area (Å²) < 4.78 is 0.929. The van der Waals surface area contributed by atoms with Gasteiger partial charge in [-0.3, -0.25) is 4.79 Å². The van der Waals surface area contributed by atoms with Gasteiger partial charge in [0.15, 0.2) is 0 Å². The van der Waals surface area contributed by atoms with Crippen molar-refractivity contribution in [1.29, 1.82) is 5.26 Å². The number of nitriles is 1. The molecule has 0 atom stereocenters. The van der Waals surface area contributed by atoms with E-state index in [1.165, 1.54) is 6.08 Å². The summed E-state index contributed by atoms with van der Waals surface area (Å²) in [4.78, 5) is 11.8. The minimum atomic E-state index is -0.210. The molecule has 0 fully saturated rings. The van der Waals surface area contributed by atoms with E-state index < -0.39 is 0 Å². The number of hydrogen-bond donors (Lipinski definition) is 1. The van der Waals surface area contributed by atoms with Crippen molar-refractivity contribution in [2.24, 2.45) is 0 Å². The van der Waals surface area contributed by atoms with Crippen LogP contribution in [0.3, 0.4) is 0 Å². The Morgan fingerprint density at radius 3 is 2.95 bits per heavy atom. The highest BCUT2D eigenvalue weighted by Gasteiger charge is 2.24. The summed E-state index contributed by atoms with van der Waals surface area (Å²) in [7, 11) is 0. The second-order valence-electron chi connectivity index (χ2n) is 4.41. The van der Waals surface area contributed by atoms with E-state index >= 15 is 0 Å². The van der Waals surface area contributed by atoms with Gasteiger partial charge in [-0.1, -0.05) is 34.7 Å². The third-order valence-electron chi connectivity index (χ3n) is 3.08. The molecule has 1 aromatic carbocycles. The Balaban J connectivity index is 2.49. The molecule has 0 saturated carbocycles. The van der Waals surface area contributed by atoms with Gasteiger partial charge in [0, 0.05) is 16.5 Å². The first-order valence-corrected chi connectivity index (χ1v) is 6.91. The molecule has 1 aromatic rings. The Labute approximate surface area is 126 Å². The van der Waals surface area contributed by atoms with Crippen LogP contribution in [-0.2, 0) is 11.2 Å². The molecule has 20 heavy (non-hydrogen) atoms. The normalized spacial score (nSPS) is 13.2. The highest BCUT2D eigenvalue weighted by molar-refractivity contribution is 9.10. The third kappa shape index (κ3) is 2.73. The Hall–Kier alpha value is -2.12. The molecule has 0 bridgehead atoms. The Morgan fingerprint density at radius 2 is 2.30 bits per heavy atom. The van der Waals surface area contributed by atoms with Crippen LogP contribution in [0, 0.1) is 11.3 Å². The van der Waals surface area contributed by atoms with Crippen molar-refractivity contribution in [3.8, 4) is 6.07 Å². The first-order valence-electron chi connectivity index (χ1n) is 6.11. The van der Waals surface area contributed by atoms with E-state index in [0.29, 0.717) is 17.7 Å². The van der Waals surface area contributed by atoms with Gasteiger partial charge in [0.05, 0.1) is 17.3 Å². The zero-order valence-corrected chi connectivity index (χ0v) is 12.6. The van der Waals surface area contributed by atoms with Gasteiger partial charge in [0.2, 0.25) is 5.91 Å². The number of rotatable bonds is 3. The van der Waals surface area contributed by atoms with Crippen LogP contribution in [0.5, 0.6) is 0 Å². The van der Waals surface area contributed by atoms with Gasteiger partial charge in [0.1, 0.15) is 0 Å². The second-order valence-corrected chi connectivity index (χ2v) is 5.33. The van der Waals surface area contributed by atoms with Crippen molar-refractivity contribution in [2.75, 3.05) is 0 Å². The summed E-state index contributed by atoms with van der Waals surface area (Å²) in [6.45, 7) is 5.54.